The van der Waals surface area contributed by atoms with Gasteiger partial charge in [-0.3, -0.25) is 4.79 Å². The Balaban J connectivity index is 1.55. The van der Waals surface area contributed by atoms with E-state index in [-0.39, 0.29) is 5.91 Å². The number of nitrogens with one attached hydrogen (secondary N) is 2. The van der Waals surface area contributed by atoms with Crippen molar-refractivity contribution in [2.75, 3.05) is 37.0 Å². The van der Waals surface area contributed by atoms with Gasteiger partial charge >= 0.3 is 0 Å². The Morgan fingerprint density at radius 1 is 1.26 bits per heavy atom. The van der Waals surface area contributed by atoms with Gasteiger partial charge in [0.25, 0.3) is 5.91 Å². The van der Waals surface area contributed by atoms with Crippen LogP contribution in [-0.4, -0.2) is 59.5 Å². The molecule has 1 aromatic heterocycles. The molecule has 6 heteroatoms. The van der Waals surface area contributed by atoms with Crippen molar-refractivity contribution < 1.29 is 4.79 Å². The first-order valence-corrected chi connectivity index (χ1v) is 9.69. The number of likely N-dealkylation sites (tertiary alicyclic amines) is 1. The van der Waals surface area contributed by atoms with E-state index >= 15 is 0 Å². The maximum Gasteiger partial charge on any atom is 0.254 e. The summed E-state index contributed by atoms with van der Waals surface area (Å²) in [5, 5.41) is 6.17. The zero-order valence-electron chi connectivity index (χ0n) is 13.8. The lowest BCUT2D eigenvalue weighted by molar-refractivity contribution is 0.0963. The van der Waals surface area contributed by atoms with Crippen LogP contribution in [0.15, 0.2) is 18.3 Å². The van der Waals surface area contributed by atoms with Crippen LogP contribution < -0.4 is 10.6 Å². The summed E-state index contributed by atoms with van der Waals surface area (Å²) in [7, 11) is 1.65. The molecular formula is C17H26N4OS. The monoisotopic (exact) mass is 334 g/mol. The second-order valence-corrected chi connectivity index (χ2v) is 7.50. The quantitative estimate of drug-likeness (QED) is 0.884. The van der Waals surface area contributed by atoms with Gasteiger partial charge in [0.2, 0.25) is 0 Å². The lowest BCUT2D eigenvalue weighted by atomic mass is 10.0. The molecule has 126 valence electrons. The molecule has 0 aliphatic carbocycles. The van der Waals surface area contributed by atoms with Gasteiger partial charge < -0.3 is 15.5 Å². The van der Waals surface area contributed by atoms with Gasteiger partial charge in [0.05, 0.1) is 5.56 Å². The van der Waals surface area contributed by atoms with Crippen LogP contribution >= 0.6 is 11.8 Å². The number of carbonyl (C=O) groups excluding carboxylic acids is 1. The van der Waals surface area contributed by atoms with Crippen molar-refractivity contribution >= 4 is 23.5 Å². The number of pyridine rings is 1. The summed E-state index contributed by atoms with van der Waals surface area (Å²) in [6.07, 6.45) is 6.65. The molecule has 2 fully saturated rings. The number of hydrogen-bond acceptors (Lipinski definition) is 5. The molecule has 2 aliphatic rings. The fraction of sp³-hybridized carbons (Fsp3) is 0.647. The van der Waals surface area contributed by atoms with Crippen LogP contribution in [0.5, 0.6) is 0 Å². The standard InChI is InChI=1S/C17H26N4OS/c1-18-17(22)15-3-2-8-19-16(15)20-13-4-9-21(10-5-13)14-6-11-23-12-7-14/h2-3,8,13-14H,4-7,9-12H2,1H3,(H,18,22)(H,19,20). The molecule has 0 unspecified atom stereocenters. The number of carbonyl (C=O) groups is 1. The van der Waals surface area contributed by atoms with Crippen LogP contribution in [0.4, 0.5) is 5.82 Å². The van der Waals surface area contributed by atoms with Crippen molar-refractivity contribution in [1.82, 2.24) is 15.2 Å². The average molecular weight is 334 g/mol. The Morgan fingerprint density at radius 2 is 2.00 bits per heavy atom. The van der Waals surface area contributed by atoms with E-state index in [1.807, 2.05) is 6.07 Å². The number of aromatic nitrogens is 1. The minimum absolute atomic E-state index is 0.0854. The Kier molecular flexibility index (Phi) is 5.78. The van der Waals surface area contributed by atoms with E-state index in [4.69, 9.17) is 0 Å². The van der Waals surface area contributed by atoms with E-state index in [0.29, 0.717) is 17.4 Å². The van der Waals surface area contributed by atoms with Crippen molar-refractivity contribution in [2.45, 2.75) is 37.8 Å². The van der Waals surface area contributed by atoms with Gasteiger partial charge in [-0.2, -0.15) is 11.8 Å². The van der Waals surface area contributed by atoms with E-state index in [9.17, 15) is 4.79 Å². The molecule has 0 atom stereocenters. The largest absolute Gasteiger partial charge is 0.367 e. The summed E-state index contributed by atoms with van der Waals surface area (Å²) < 4.78 is 0. The minimum Gasteiger partial charge on any atom is -0.367 e. The van der Waals surface area contributed by atoms with Crippen molar-refractivity contribution in [3.63, 3.8) is 0 Å². The predicted molar refractivity (Wildman–Crippen MR) is 96.2 cm³/mol. The third-order valence-corrected chi connectivity index (χ3v) is 5.91. The molecule has 3 rings (SSSR count). The van der Waals surface area contributed by atoms with Crippen LogP contribution in [0.3, 0.4) is 0 Å². The van der Waals surface area contributed by atoms with Crippen molar-refractivity contribution in [3.05, 3.63) is 23.9 Å². The number of piperidine rings is 1. The first-order valence-electron chi connectivity index (χ1n) is 8.53. The normalized spacial score (nSPS) is 21.1. The van der Waals surface area contributed by atoms with Crippen LogP contribution in [-0.2, 0) is 0 Å². The number of thioether (sulfide) groups is 1. The molecule has 0 radical (unpaired) electrons. The van der Waals surface area contributed by atoms with Gasteiger partial charge in [0.15, 0.2) is 0 Å². The van der Waals surface area contributed by atoms with E-state index < -0.39 is 0 Å². The van der Waals surface area contributed by atoms with Gasteiger partial charge in [-0.1, -0.05) is 0 Å². The Morgan fingerprint density at radius 3 is 2.70 bits per heavy atom. The summed E-state index contributed by atoms with van der Waals surface area (Å²) in [5.41, 5.74) is 0.627. The number of nitrogens with zero attached hydrogens (tertiary/aromatic N) is 2. The van der Waals surface area contributed by atoms with Crippen LogP contribution in [0.1, 0.15) is 36.0 Å². The third kappa shape index (κ3) is 4.18. The highest BCUT2D eigenvalue weighted by Gasteiger charge is 2.27. The molecule has 5 nitrogen and oxygen atoms in total. The molecule has 0 saturated carbocycles. The second-order valence-electron chi connectivity index (χ2n) is 6.28. The lowest BCUT2D eigenvalue weighted by Crippen LogP contribution is -2.46. The van der Waals surface area contributed by atoms with Crippen LogP contribution in [0.2, 0.25) is 0 Å². The van der Waals surface area contributed by atoms with Crippen molar-refractivity contribution in [1.29, 1.82) is 0 Å². The first-order chi connectivity index (χ1) is 11.3. The Hall–Kier alpha value is -1.27. The SMILES string of the molecule is CNC(=O)c1cccnc1NC1CCN(C2CCSCC2)CC1. The van der Waals surface area contributed by atoms with E-state index in [2.05, 4.69) is 32.3 Å². The molecular weight excluding hydrogens is 308 g/mol. The molecule has 0 spiro atoms. The average Bonchev–Trinajstić information content (AvgIpc) is 2.63. The molecule has 1 amide bonds. The maximum absolute atomic E-state index is 11.9. The number of amides is 1. The van der Waals surface area contributed by atoms with Crippen molar-refractivity contribution in [3.8, 4) is 0 Å². The van der Waals surface area contributed by atoms with E-state index in [1.54, 1.807) is 19.3 Å². The Labute approximate surface area is 142 Å². The summed E-state index contributed by atoms with van der Waals surface area (Å²) in [4.78, 5) is 19.0. The van der Waals surface area contributed by atoms with Crippen LogP contribution in [0.25, 0.3) is 0 Å². The van der Waals surface area contributed by atoms with Gasteiger partial charge in [-0.15, -0.1) is 0 Å². The van der Waals surface area contributed by atoms with Gasteiger partial charge in [0, 0.05) is 38.4 Å². The molecule has 2 saturated heterocycles. The molecule has 23 heavy (non-hydrogen) atoms. The lowest BCUT2D eigenvalue weighted by Gasteiger charge is -2.39. The summed E-state index contributed by atoms with van der Waals surface area (Å²) in [5.74, 6) is 3.25. The number of rotatable bonds is 4. The van der Waals surface area contributed by atoms with Crippen LogP contribution in [0, 0.1) is 0 Å². The summed E-state index contributed by atoms with van der Waals surface area (Å²) in [6, 6.07) is 4.82. The molecule has 2 aliphatic heterocycles. The maximum atomic E-state index is 11.9. The zero-order valence-corrected chi connectivity index (χ0v) is 14.6. The van der Waals surface area contributed by atoms with Gasteiger partial charge in [-0.05, 0) is 49.3 Å². The van der Waals surface area contributed by atoms with Gasteiger partial charge in [-0.25, -0.2) is 4.98 Å². The van der Waals surface area contributed by atoms with E-state index in [0.717, 1.165) is 32.0 Å². The topological polar surface area (TPSA) is 57.3 Å². The predicted octanol–water partition coefficient (Wildman–Crippen LogP) is 2.21. The van der Waals surface area contributed by atoms with Gasteiger partial charge in [0.1, 0.15) is 5.82 Å². The third-order valence-electron chi connectivity index (χ3n) is 4.86. The zero-order chi connectivity index (χ0) is 16.1. The molecule has 1 aromatic rings. The number of anilines is 1. The van der Waals surface area contributed by atoms with Crippen molar-refractivity contribution in [2.24, 2.45) is 0 Å². The van der Waals surface area contributed by atoms with E-state index in [1.165, 1.54) is 24.3 Å². The molecule has 0 aromatic carbocycles. The second kappa shape index (κ2) is 8.02. The highest BCUT2D eigenvalue weighted by Crippen LogP contribution is 2.25. The summed E-state index contributed by atoms with van der Waals surface area (Å²) in [6.45, 7) is 2.30. The summed E-state index contributed by atoms with van der Waals surface area (Å²) >= 11 is 2.09. The molecule has 2 N–H and O–H groups in total. The smallest absolute Gasteiger partial charge is 0.254 e. The highest BCUT2D eigenvalue weighted by molar-refractivity contribution is 7.99. The minimum atomic E-state index is -0.0854. The fourth-order valence-corrected chi connectivity index (χ4v) is 4.57. The number of hydrogen-bond donors (Lipinski definition) is 2. The Bertz CT molecular complexity index is 525. The first kappa shape index (κ1) is 16.6. The fourth-order valence-electron chi connectivity index (χ4n) is 3.49. The molecule has 0 bridgehead atoms. The highest BCUT2D eigenvalue weighted by atomic mass is 32.2. The molecule has 3 heterocycles.